The molecule has 0 fully saturated rings. The number of nitrogens with one attached hydrogen (secondary N) is 1. The molecule has 2 rings (SSSR count). The first-order chi connectivity index (χ1) is 12.3. The van der Waals surface area contributed by atoms with E-state index in [1.165, 1.54) is 4.90 Å². The van der Waals surface area contributed by atoms with Crippen LogP contribution in [-0.4, -0.2) is 36.4 Å². The molecule has 5 nitrogen and oxygen atoms in total. The predicted molar refractivity (Wildman–Crippen MR) is 104 cm³/mol. The average molecular weight is 375 g/mol. The number of aryl methyl sites for hydroxylation is 2. The minimum absolute atomic E-state index is 0.0555. The van der Waals surface area contributed by atoms with Crippen molar-refractivity contribution in [1.82, 2.24) is 4.90 Å². The van der Waals surface area contributed by atoms with Gasteiger partial charge < -0.3 is 15.0 Å². The number of nitrogens with zero attached hydrogens (tertiary/aromatic N) is 1. The predicted octanol–water partition coefficient (Wildman–Crippen LogP) is 3.82. The maximum absolute atomic E-state index is 12.5. The third-order valence-electron chi connectivity index (χ3n) is 3.88. The van der Waals surface area contributed by atoms with Gasteiger partial charge in [-0.05, 0) is 56.7 Å². The monoisotopic (exact) mass is 374 g/mol. The molecule has 1 atom stereocenters. The molecule has 0 spiro atoms. The highest BCUT2D eigenvalue weighted by Crippen LogP contribution is 2.23. The fourth-order valence-corrected chi connectivity index (χ4v) is 2.65. The van der Waals surface area contributed by atoms with E-state index in [0.717, 1.165) is 11.1 Å². The number of anilines is 1. The highest BCUT2D eigenvalue weighted by atomic mass is 35.5. The quantitative estimate of drug-likeness (QED) is 0.836. The average Bonchev–Trinajstić information content (AvgIpc) is 2.58. The molecular weight excluding hydrogens is 352 g/mol. The van der Waals surface area contributed by atoms with Crippen LogP contribution in [0.4, 0.5) is 5.69 Å². The molecule has 0 bridgehead atoms. The van der Waals surface area contributed by atoms with E-state index in [-0.39, 0.29) is 18.4 Å². The number of benzene rings is 2. The molecule has 0 aliphatic heterocycles. The summed E-state index contributed by atoms with van der Waals surface area (Å²) in [7, 11) is 1.58. The molecule has 0 aromatic heterocycles. The molecule has 0 unspecified atom stereocenters. The first-order valence-corrected chi connectivity index (χ1v) is 8.68. The Hall–Kier alpha value is -2.53. The van der Waals surface area contributed by atoms with E-state index in [0.29, 0.717) is 16.5 Å². The van der Waals surface area contributed by atoms with Gasteiger partial charge in [-0.15, -0.1) is 0 Å². The number of likely N-dealkylation sites (N-methyl/N-ethyl adjacent to an activating group) is 1. The van der Waals surface area contributed by atoms with Gasteiger partial charge in [0.15, 0.2) is 6.10 Å². The molecule has 2 aromatic rings. The first-order valence-electron chi connectivity index (χ1n) is 8.30. The lowest BCUT2D eigenvalue weighted by molar-refractivity contribution is -0.139. The molecule has 138 valence electrons. The molecule has 26 heavy (non-hydrogen) atoms. The summed E-state index contributed by atoms with van der Waals surface area (Å²) in [4.78, 5) is 25.9. The van der Waals surface area contributed by atoms with Gasteiger partial charge in [-0.1, -0.05) is 29.3 Å². The van der Waals surface area contributed by atoms with E-state index in [4.69, 9.17) is 16.3 Å². The SMILES string of the molecule is Cc1ccc(NC(=O)CN(C)C(=O)[C@@H](C)Oc2ccc(Cl)cc2C)cc1. The van der Waals surface area contributed by atoms with E-state index in [2.05, 4.69) is 5.32 Å². The Morgan fingerprint density at radius 2 is 1.81 bits per heavy atom. The Morgan fingerprint density at radius 1 is 1.15 bits per heavy atom. The van der Waals surface area contributed by atoms with Crippen molar-refractivity contribution in [2.45, 2.75) is 26.9 Å². The Balaban J connectivity index is 1.91. The highest BCUT2D eigenvalue weighted by molar-refractivity contribution is 6.30. The number of rotatable bonds is 6. The van der Waals surface area contributed by atoms with Crippen LogP contribution < -0.4 is 10.1 Å². The minimum Gasteiger partial charge on any atom is -0.481 e. The standard InChI is InChI=1S/C20H23ClN2O3/c1-13-5-8-17(9-6-13)22-19(24)12-23(4)20(25)15(3)26-18-10-7-16(21)11-14(18)2/h5-11,15H,12H2,1-4H3,(H,22,24)/t15-/m1/s1. The van der Waals surface area contributed by atoms with Crippen molar-refractivity contribution in [3.63, 3.8) is 0 Å². The van der Waals surface area contributed by atoms with E-state index in [1.54, 1.807) is 32.2 Å². The molecule has 0 saturated carbocycles. The van der Waals surface area contributed by atoms with Crippen molar-refractivity contribution in [3.05, 3.63) is 58.6 Å². The van der Waals surface area contributed by atoms with E-state index < -0.39 is 6.10 Å². The van der Waals surface area contributed by atoms with Gasteiger partial charge in [-0.2, -0.15) is 0 Å². The molecule has 1 N–H and O–H groups in total. The number of hydrogen-bond donors (Lipinski definition) is 1. The van der Waals surface area contributed by atoms with Gasteiger partial charge in [0.2, 0.25) is 5.91 Å². The van der Waals surface area contributed by atoms with Crippen molar-refractivity contribution in [1.29, 1.82) is 0 Å². The second-order valence-corrected chi connectivity index (χ2v) is 6.71. The second-order valence-electron chi connectivity index (χ2n) is 6.28. The van der Waals surface area contributed by atoms with Crippen LogP contribution >= 0.6 is 11.6 Å². The molecule has 0 aliphatic carbocycles. The molecule has 6 heteroatoms. The zero-order chi connectivity index (χ0) is 19.3. The smallest absolute Gasteiger partial charge is 0.263 e. The van der Waals surface area contributed by atoms with Crippen LogP contribution in [0.15, 0.2) is 42.5 Å². The van der Waals surface area contributed by atoms with Crippen molar-refractivity contribution < 1.29 is 14.3 Å². The van der Waals surface area contributed by atoms with Gasteiger partial charge in [-0.3, -0.25) is 9.59 Å². The second kappa shape index (κ2) is 8.72. The molecule has 0 heterocycles. The lowest BCUT2D eigenvalue weighted by Gasteiger charge is -2.22. The summed E-state index contributed by atoms with van der Waals surface area (Å²) in [5.74, 6) is 0.0470. The van der Waals surface area contributed by atoms with Crippen LogP contribution in [0.3, 0.4) is 0 Å². The van der Waals surface area contributed by atoms with Crippen LogP contribution in [0.5, 0.6) is 5.75 Å². The minimum atomic E-state index is -0.716. The largest absolute Gasteiger partial charge is 0.481 e. The summed E-state index contributed by atoms with van der Waals surface area (Å²) in [6, 6.07) is 12.7. The molecule has 2 aromatic carbocycles. The van der Waals surface area contributed by atoms with Crippen LogP contribution in [0, 0.1) is 13.8 Å². The first kappa shape index (κ1) is 19.8. The zero-order valence-corrected chi connectivity index (χ0v) is 16.1. The number of ether oxygens (including phenoxy) is 1. The summed E-state index contributed by atoms with van der Waals surface area (Å²) in [6.45, 7) is 5.43. The van der Waals surface area contributed by atoms with Crippen molar-refractivity contribution in [3.8, 4) is 5.75 Å². The van der Waals surface area contributed by atoms with Gasteiger partial charge in [0.1, 0.15) is 5.75 Å². The maximum atomic E-state index is 12.5. The lowest BCUT2D eigenvalue weighted by atomic mass is 10.2. The normalized spacial score (nSPS) is 11.6. The summed E-state index contributed by atoms with van der Waals surface area (Å²) in [6.07, 6.45) is -0.716. The van der Waals surface area contributed by atoms with Gasteiger partial charge in [-0.25, -0.2) is 0 Å². The van der Waals surface area contributed by atoms with Gasteiger partial charge in [0, 0.05) is 17.8 Å². The molecule has 2 amide bonds. The van der Waals surface area contributed by atoms with E-state index in [1.807, 2.05) is 38.1 Å². The molecular formula is C20H23ClN2O3. The Labute approximate surface area is 158 Å². The van der Waals surface area contributed by atoms with E-state index in [9.17, 15) is 9.59 Å². The molecule has 0 aliphatic rings. The highest BCUT2D eigenvalue weighted by Gasteiger charge is 2.21. The zero-order valence-electron chi connectivity index (χ0n) is 15.4. The Morgan fingerprint density at radius 3 is 2.42 bits per heavy atom. The van der Waals surface area contributed by atoms with Crippen LogP contribution in [-0.2, 0) is 9.59 Å². The van der Waals surface area contributed by atoms with Gasteiger partial charge in [0.05, 0.1) is 6.54 Å². The summed E-state index contributed by atoms with van der Waals surface area (Å²) < 4.78 is 5.71. The summed E-state index contributed by atoms with van der Waals surface area (Å²) >= 11 is 5.92. The van der Waals surface area contributed by atoms with Gasteiger partial charge in [0.25, 0.3) is 5.91 Å². The van der Waals surface area contributed by atoms with Crippen LogP contribution in [0.25, 0.3) is 0 Å². The third-order valence-corrected chi connectivity index (χ3v) is 4.12. The Bertz CT molecular complexity index is 790. The number of carbonyl (C=O) groups excluding carboxylic acids is 2. The number of amides is 2. The van der Waals surface area contributed by atoms with Crippen molar-refractivity contribution in [2.75, 3.05) is 18.9 Å². The van der Waals surface area contributed by atoms with Crippen molar-refractivity contribution in [2.24, 2.45) is 0 Å². The third kappa shape index (κ3) is 5.49. The van der Waals surface area contributed by atoms with Crippen LogP contribution in [0.2, 0.25) is 5.02 Å². The molecule has 0 radical (unpaired) electrons. The van der Waals surface area contributed by atoms with Gasteiger partial charge >= 0.3 is 0 Å². The Kier molecular flexibility index (Phi) is 6.64. The summed E-state index contributed by atoms with van der Waals surface area (Å²) in [5.41, 5.74) is 2.65. The fraction of sp³-hybridized carbons (Fsp3) is 0.300. The number of carbonyl (C=O) groups is 2. The van der Waals surface area contributed by atoms with E-state index >= 15 is 0 Å². The molecule has 0 saturated heterocycles. The maximum Gasteiger partial charge on any atom is 0.263 e. The fourth-order valence-electron chi connectivity index (χ4n) is 2.43. The van der Waals surface area contributed by atoms with Crippen LogP contribution in [0.1, 0.15) is 18.1 Å². The number of halogens is 1. The summed E-state index contributed by atoms with van der Waals surface area (Å²) in [5, 5.41) is 3.38. The van der Waals surface area contributed by atoms with Crippen molar-refractivity contribution >= 4 is 29.1 Å². The lowest BCUT2D eigenvalue weighted by Crippen LogP contribution is -2.42. The topological polar surface area (TPSA) is 58.6 Å². The number of hydrogen-bond acceptors (Lipinski definition) is 3.